The minimum absolute atomic E-state index is 0.0196. The van der Waals surface area contributed by atoms with Crippen LogP contribution in [0.5, 0.6) is 11.5 Å². The van der Waals surface area contributed by atoms with Gasteiger partial charge in [0.2, 0.25) is 0 Å². The van der Waals surface area contributed by atoms with Gasteiger partial charge in [0.15, 0.2) is 0 Å². The van der Waals surface area contributed by atoms with E-state index in [2.05, 4.69) is 5.32 Å². The summed E-state index contributed by atoms with van der Waals surface area (Å²) >= 11 is 0. The molecule has 1 saturated heterocycles. The monoisotopic (exact) mass is 264 g/mol. The summed E-state index contributed by atoms with van der Waals surface area (Å²) in [7, 11) is 3.16. The Balaban J connectivity index is 2.26. The number of carbonyl (C=O) groups excluding carboxylic acids is 1. The highest BCUT2D eigenvalue weighted by Gasteiger charge is 2.24. The SMILES string of the molecule is COc1cc(OC)cc(C(=O)N2CCNCC2C)c1. The van der Waals surface area contributed by atoms with Crippen molar-refractivity contribution in [1.82, 2.24) is 10.2 Å². The van der Waals surface area contributed by atoms with Crippen LogP contribution in [0.2, 0.25) is 0 Å². The number of amides is 1. The Morgan fingerprint density at radius 1 is 1.26 bits per heavy atom. The molecule has 1 aromatic carbocycles. The fraction of sp³-hybridized carbons (Fsp3) is 0.500. The largest absolute Gasteiger partial charge is 0.497 e. The average molecular weight is 264 g/mol. The van der Waals surface area contributed by atoms with E-state index in [1.165, 1.54) is 0 Å². The second-order valence-corrected chi connectivity index (χ2v) is 4.65. The number of piperazine rings is 1. The normalized spacial score (nSPS) is 19.1. The number of nitrogens with one attached hydrogen (secondary N) is 1. The fourth-order valence-electron chi connectivity index (χ4n) is 2.24. The minimum atomic E-state index is 0.0196. The molecule has 1 aromatic rings. The summed E-state index contributed by atoms with van der Waals surface area (Å²) in [5.41, 5.74) is 0.602. The zero-order valence-corrected chi connectivity index (χ0v) is 11.6. The number of benzene rings is 1. The van der Waals surface area contributed by atoms with E-state index in [4.69, 9.17) is 9.47 Å². The smallest absolute Gasteiger partial charge is 0.254 e. The van der Waals surface area contributed by atoms with E-state index in [-0.39, 0.29) is 11.9 Å². The van der Waals surface area contributed by atoms with Crippen molar-refractivity contribution in [2.45, 2.75) is 13.0 Å². The highest BCUT2D eigenvalue weighted by molar-refractivity contribution is 5.95. The van der Waals surface area contributed by atoms with Crippen LogP contribution in [0.1, 0.15) is 17.3 Å². The Bertz CT molecular complexity index is 440. The summed E-state index contributed by atoms with van der Waals surface area (Å²) < 4.78 is 10.4. The molecule has 5 heteroatoms. The standard InChI is InChI=1S/C14H20N2O3/c1-10-9-15-4-5-16(10)14(17)11-6-12(18-2)8-13(7-11)19-3/h6-8,10,15H,4-5,9H2,1-3H3. The first kappa shape index (κ1) is 13.7. The molecule has 0 radical (unpaired) electrons. The van der Waals surface area contributed by atoms with Crippen LogP contribution in [-0.2, 0) is 0 Å². The number of methoxy groups -OCH3 is 2. The van der Waals surface area contributed by atoms with Crippen molar-refractivity contribution < 1.29 is 14.3 Å². The lowest BCUT2D eigenvalue weighted by Gasteiger charge is -2.34. The van der Waals surface area contributed by atoms with E-state index in [1.807, 2.05) is 11.8 Å². The Labute approximate surface area is 113 Å². The molecule has 1 N–H and O–H groups in total. The Morgan fingerprint density at radius 2 is 1.89 bits per heavy atom. The van der Waals surface area contributed by atoms with Gasteiger partial charge in [-0.3, -0.25) is 4.79 Å². The number of nitrogens with zero attached hydrogens (tertiary/aromatic N) is 1. The lowest BCUT2D eigenvalue weighted by Crippen LogP contribution is -2.52. The molecule has 19 heavy (non-hydrogen) atoms. The van der Waals surface area contributed by atoms with Gasteiger partial charge < -0.3 is 19.7 Å². The van der Waals surface area contributed by atoms with E-state index in [0.717, 1.165) is 19.6 Å². The molecule has 1 unspecified atom stereocenters. The van der Waals surface area contributed by atoms with Crippen molar-refractivity contribution in [3.63, 3.8) is 0 Å². The minimum Gasteiger partial charge on any atom is -0.497 e. The van der Waals surface area contributed by atoms with Crippen molar-refractivity contribution in [2.24, 2.45) is 0 Å². The number of carbonyl (C=O) groups is 1. The van der Waals surface area contributed by atoms with Crippen LogP contribution in [-0.4, -0.2) is 50.7 Å². The molecule has 0 aromatic heterocycles. The first-order valence-electron chi connectivity index (χ1n) is 6.40. The lowest BCUT2D eigenvalue weighted by molar-refractivity contribution is 0.0655. The van der Waals surface area contributed by atoms with Crippen LogP contribution in [0.3, 0.4) is 0 Å². The highest BCUT2D eigenvalue weighted by Crippen LogP contribution is 2.24. The average Bonchev–Trinajstić information content (AvgIpc) is 2.46. The van der Waals surface area contributed by atoms with Crippen LogP contribution in [0, 0.1) is 0 Å². The summed E-state index contributed by atoms with van der Waals surface area (Å²) in [4.78, 5) is 14.4. The topological polar surface area (TPSA) is 50.8 Å². The molecule has 5 nitrogen and oxygen atoms in total. The van der Waals surface area contributed by atoms with Crippen molar-refractivity contribution in [3.8, 4) is 11.5 Å². The van der Waals surface area contributed by atoms with Gasteiger partial charge in [-0.15, -0.1) is 0 Å². The third kappa shape index (κ3) is 2.98. The van der Waals surface area contributed by atoms with Gasteiger partial charge in [-0.25, -0.2) is 0 Å². The summed E-state index contributed by atoms with van der Waals surface area (Å²) in [5, 5.41) is 3.27. The van der Waals surface area contributed by atoms with Crippen LogP contribution in [0.4, 0.5) is 0 Å². The van der Waals surface area contributed by atoms with Gasteiger partial charge in [0.05, 0.1) is 14.2 Å². The maximum atomic E-state index is 12.5. The van der Waals surface area contributed by atoms with Gasteiger partial charge in [0, 0.05) is 37.3 Å². The first-order valence-corrected chi connectivity index (χ1v) is 6.40. The van der Waals surface area contributed by atoms with Gasteiger partial charge in [-0.05, 0) is 19.1 Å². The van der Waals surface area contributed by atoms with Gasteiger partial charge in [0.25, 0.3) is 5.91 Å². The van der Waals surface area contributed by atoms with E-state index in [1.54, 1.807) is 32.4 Å². The molecule has 2 rings (SSSR count). The first-order chi connectivity index (χ1) is 9.15. The quantitative estimate of drug-likeness (QED) is 0.889. The summed E-state index contributed by atoms with van der Waals surface area (Å²) in [6.45, 7) is 4.42. The number of rotatable bonds is 3. The summed E-state index contributed by atoms with van der Waals surface area (Å²) in [5.74, 6) is 1.28. The second-order valence-electron chi connectivity index (χ2n) is 4.65. The van der Waals surface area contributed by atoms with E-state index in [0.29, 0.717) is 17.1 Å². The van der Waals surface area contributed by atoms with Crippen molar-refractivity contribution in [3.05, 3.63) is 23.8 Å². The highest BCUT2D eigenvalue weighted by atomic mass is 16.5. The molecule has 1 amide bonds. The lowest BCUT2D eigenvalue weighted by atomic mass is 10.1. The number of hydrogen-bond donors (Lipinski definition) is 1. The molecule has 0 bridgehead atoms. The predicted molar refractivity (Wildman–Crippen MR) is 72.9 cm³/mol. The predicted octanol–water partition coefficient (Wildman–Crippen LogP) is 1.14. The van der Waals surface area contributed by atoms with E-state index >= 15 is 0 Å². The van der Waals surface area contributed by atoms with Crippen LogP contribution in [0.15, 0.2) is 18.2 Å². The van der Waals surface area contributed by atoms with Gasteiger partial charge >= 0.3 is 0 Å². The molecule has 0 saturated carbocycles. The molecular formula is C14H20N2O3. The van der Waals surface area contributed by atoms with Crippen molar-refractivity contribution >= 4 is 5.91 Å². The molecule has 1 fully saturated rings. The third-order valence-electron chi connectivity index (χ3n) is 3.36. The van der Waals surface area contributed by atoms with Crippen LogP contribution < -0.4 is 14.8 Å². The van der Waals surface area contributed by atoms with Crippen LogP contribution in [0.25, 0.3) is 0 Å². The summed E-state index contributed by atoms with van der Waals surface area (Å²) in [6, 6.07) is 5.45. The zero-order valence-electron chi connectivity index (χ0n) is 11.6. The molecular weight excluding hydrogens is 244 g/mol. The molecule has 104 valence electrons. The summed E-state index contributed by atoms with van der Waals surface area (Å²) in [6.07, 6.45) is 0. The zero-order chi connectivity index (χ0) is 13.8. The number of ether oxygens (including phenoxy) is 2. The Morgan fingerprint density at radius 3 is 2.42 bits per heavy atom. The molecule has 0 spiro atoms. The third-order valence-corrected chi connectivity index (χ3v) is 3.36. The fourth-order valence-corrected chi connectivity index (χ4v) is 2.24. The Kier molecular flexibility index (Phi) is 4.27. The molecule has 1 heterocycles. The van der Waals surface area contributed by atoms with Crippen molar-refractivity contribution in [2.75, 3.05) is 33.9 Å². The maximum Gasteiger partial charge on any atom is 0.254 e. The maximum absolute atomic E-state index is 12.5. The molecule has 1 aliphatic heterocycles. The van der Waals surface area contributed by atoms with E-state index in [9.17, 15) is 4.79 Å². The van der Waals surface area contributed by atoms with E-state index < -0.39 is 0 Å². The Hall–Kier alpha value is -1.75. The second kappa shape index (κ2) is 5.93. The van der Waals surface area contributed by atoms with Gasteiger partial charge in [0.1, 0.15) is 11.5 Å². The van der Waals surface area contributed by atoms with Gasteiger partial charge in [-0.2, -0.15) is 0 Å². The molecule has 0 aliphatic carbocycles. The van der Waals surface area contributed by atoms with Crippen LogP contribution >= 0.6 is 0 Å². The molecule has 1 atom stereocenters. The number of hydrogen-bond acceptors (Lipinski definition) is 4. The van der Waals surface area contributed by atoms with Gasteiger partial charge in [-0.1, -0.05) is 0 Å². The van der Waals surface area contributed by atoms with Crippen molar-refractivity contribution in [1.29, 1.82) is 0 Å². The molecule has 1 aliphatic rings.